The summed E-state index contributed by atoms with van der Waals surface area (Å²) in [5.74, 6) is 0.0560. The number of phenolic OH excluding ortho intramolecular Hbond substituents is 1. The van der Waals surface area contributed by atoms with Crippen LogP contribution in [0.4, 0.5) is 0 Å². The second-order valence-electron chi connectivity index (χ2n) is 7.44. The molecular weight excluding hydrogens is 380 g/mol. The Balaban J connectivity index is 1.77. The quantitative estimate of drug-likeness (QED) is 0.748. The predicted molar refractivity (Wildman–Crippen MR) is 98.8 cm³/mol. The molecule has 152 valence electrons. The van der Waals surface area contributed by atoms with Crippen molar-refractivity contribution in [2.75, 3.05) is 34.2 Å². The van der Waals surface area contributed by atoms with Gasteiger partial charge in [-0.15, -0.1) is 0 Å². The smallest absolute Gasteiger partial charge is 0.311 e. The molecule has 8 heteroatoms. The Bertz CT molecular complexity index is 991. The number of aliphatic hydroxyl groups is 1. The highest BCUT2D eigenvalue weighted by molar-refractivity contribution is 5.83. The lowest BCUT2D eigenvalue weighted by Crippen LogP contribution is -2.37. The zero-order valence-corrected chi connectivity index (χ0v) is 15.9. The van der Waals surface area contributed by atoms with Crippen LogP contribution in [0.25, 0.3) is 0 Å². The summed E-state index contributed by atoms with van der Waals surface area (Å²) in [5.41, 5.74) is 1.47. The fourth-order valence-corrected chi connectivity index (χ4v) is 4.83. The van der Waals surface area contributed by atoms with E-state index in [9.17, 15) is 15.0 Å². The molecule has 5 rings (SSSR count). The van der Waals surface area contributed by atoms with Crippen LogP contribution < -0.4 is 18.9 Å². The highest BCUT2D eigenvalue weighted by Gasteiger charge is 2.61. The molecule has 0 spiro atoms. The van der Waals surface area contributed by atoms with Crippen molar-refractivity contribution >= 4 is 5.97 Å². The fourth-order valence-electron chi connectivity index (χ4n) is 4.83. The van der Waals surface area contributed by atoms with E-state index in [0.29, 0.717) is 17.1 Å². The third-order valence-corrected chi connectivity index (χ3v) is 6.21. The van der Waals surface area contributed by atoms with Crippen molar-refractivity contribution in [3.05, 3.63) is 41.0 Å². The van der Waals surface area contributed by atoms with Gasteiger partial charge < -0.3 is 33.9 Å². The summed E-state index contributed by atoms with van der Waals surface area (Å²) in [6.07, 6.45) is 0. The SMILES string of the molecule is COc1cc([C@@H]2c3cc4c(cc3[C@]3(CO)COC(=O)[C@H]23)OCO4)cc(OC)c1O. The zero-order chi connectivity index (χ0) is 20.3. The largest absolute Gasteiger partial charge is 0.502 e. The van der Waals surface area contributed by atoms with Crippen molar-refractivity contribution in [1.82, 2.24) is 0 Å². The maximum Gasteiger partial charge on any atom is 0.311 e. The molecule has 0 aromatic heterocycles. The first-order valence-corrected chi connectivity index (χ1v) is 9.20. The van der Waals surface area contributed by atoms with E-state index in [0.717, 1.165) is 11.1 Å². The minimum atomic E-state index is -0.879. The van der Waals surface area contributed by atoms with Crippen molar-refractivity contribution in [2.24, 2.45) is 5.92 Å². The van der Waals surface area contributed by atoms with E-state index < -0.39 is 17.3 Å². The van der Waals surface area contributed by atoms with Gasteiger partial charge >= 0.3 is 5.97 Å². The van der Waals surface area contributed by atoms with Crippen LogP contribution in [0, 0.1) is 5.92 Å². The van der Waals surface area contributed by atoms with E-state index in [1.807, 2.05) is 12.1 Å². The van der Waals surface area contributed by atoms with Gasteiger partial charge in [-0.25, -0.2) is 0 Å². The van der Waals surface area contributed by atoms with Crippen LogP contribution in [0.5, 0.6) is 28.7 Å². The van der Waals surface area contributed by atoms with Gasteiger partial charge in [0.25, 0.3) is 0 Å². The van der Waals surface area contributed by atoms with Gasteiger partial charge in [0, 0.05) is 5.92 Å². The zero-order valence-electron chi connectivity index (χ0n) is 15.9. The van der Waals surface area contributed by atoms with Gasteiger partial charge in [0.2, 0.25) is 12.5 Å². The van der Waals surface area contributed by atoms with Gasteiger partial charge in [0.05, 0.1) is 32.2 Å². The molecule has 29 heavy (non-hydrogen) atoms. The maximum atomic E-state index is 12.8. The number of ether oxygens (including phenoxy) is 5. The average Bonchev–Trinajstić information content (AvgIpc) is 3.40. The Kier molecular flexibility index (Phi) is 3.82. The van der Waals surface area contributed by atoms with Crippen molar-refractivity contribution in [1.29, 1.82) is 0 Å². The number of hydrogen-bond acceptors (Lipinski definition) is 8. The average molecular weight is 400 g/mol. The molecule has 2 heterocycles. The fraction of sp³-hybridized carbons (Fsp3) is 0.381. The molecule has 1 fully saturated rings. The molecule has 8 nitrogen and oxygen atoms in total. The topological polar surface area (TPSA) is 104 Å². The third kappa shape index (κ3) is 2.26. The first-order chi connectivity index (χ1) is 14.0. The van der Waals surface area contributed by atoms with Crippen molar-refractivity contribution in [3.63, 3.8) is 0 Å². The number of aliphatic hydroxyl groups excluding tert-OH is 1. The van der Waals surface area contributed by atoms with Gasteiger partial charge in [-0.2, -0.15) is 0 Å². The van der Waals surface area contributed by atoms with Crippen LogP contribution in [-0.2, 0) is 14.9 Å². The second-order valence-corrected chi connectivity index (χ2v) is 7.44. The van der Waals surface area contributed by atoms with Crippen molar-refractivity contribution in [3.8, 4) is 28.7 Å². The lowest BCUT2D eigenvalue weighted by Gasteiger charge is -2.26. The minimum Gasteiger partial charge on any atom is -0.502 e. The molecule has 0 amide bonds. The molecule has 3 aliphatic rings. The number of phenols is 1. The van der Waals surface area contributed by atoms with Gasteiger partial charge in [0.1, 0.15) is 6.61 Å². The van der Waals surface area contributed by atoms with E-state index in [4.69, 9.17) is 23.7 Å². The van der Waals surface area contributed by atoms with Crippen LogP contribution in [0.2, 0.25) is 0 Å². The lowest BCUT2D eigenvalue weighted by atomic mass is 9.74. The molecule has 0 bridgehead atoms. The minimum absolute atomic E-state index is 0.0858. The third-order valence-electron chi connectivity index (χ3n) is 6.21. The molecule has 0 radical (unpaired) electrons. The summed E-state index contributed by atoms with van der Waals surface area (Å²) in [7, 11) is 2.89. The molecule has 2 aliphatic heterocycles. The van der Waals surface area contributed by atoms with Crippen LogP contribution >= 0.6 is 0 Å². The van der Waals surface area contributed by atoms with E-state index in [-0.39, 0.29) is 43.2 Å². The summed E-state index contributed by atoms with van der Waals surface area (Å²) in [6.45, 7) is -0.0455. The highest BCUT2D eigenvalue weighted by atomic mass is 16.7. The molecule has 0 saturated carbocycles. The van der Waals surface area contributed by atoms with E-state index in [2.05, 4.69) is 0 Å². The number of rotatable bonds is 4. The lowest BCUT2D eigenvalue weighted by molar-refractivity contribution is -0.141. The highest BCUT2D eigenvalue weighted by Crippen LogP contribution is 2.59. The first kappa shape index (κ1) is 17.9. The van der Waals surface area contributed by atoms with Gasteiger partial charge in [0.15, 0.2) is 23.0 Å². The number of esters is 1. The first-order valence-electron chi connectivity index (χ1n) is 9.20. The van der Waals surface area contributed by atoms with Gasteiger partial charge in [-0.1, -0.05) is 0 Å². The number of carbonyl (C=O) groups excluding carboxylic acids is 1. The number of hydrogen-bond donors (Lipinski definition) is 2. The predicted octanol–water partition coefficient (Wildman–Crippen LogP) is 1.69. The van der Waals surface area contributed by atoms with Crippen LogP contribution in [0.3, 0.4) is 0 Å². The van der Waals surface area contributed by atoms with E-state index in [1.165, 1.54) is 14.2 Å². The summed E-state index contributed by atoms with van der Waals surface area (Å²) < 4.78 is 27.1. The van der Waals surface area contributed by atoms with E-state index in [1.54, 1.807) is 12.1 Å². The number of methoxy groups -OCH3 is 2. The number of carbonyl (C=O) groups is 1. The second kappa shape index (κ2) is 6.18. The molecule has 2 aromatic rings. The molecule has 2 aromatic carbocycles. The standard InChI is InChI=1S/C21H20O8/c1-25-15-3-10(4-16(26-2)19(15)23)17-11-5-13-14(29-9-28-13)6-12(11)21(7-22)8-27-20(24)18(17)21/h3-6,17-18,22-23H,7-9H2,1-2H3/t17-,18+,21+/m1/s1. The summed E-state index contributed by atoms with van der Waals surface area (Å²) >= 11 is 0. The van der Waals surface area contributed by atoms with Crippen molar-refractivity contribution < 1.29 is 38.7 Å². The monoisotopic (exact) mass is 400 g/mol. The van der Waals surface area contributed by atoms with Crippen LogP contribution in [-0.4, -0.2) is 50.4 Å². The van der Waals surface area contributed by atoms with Crippen LogP contribution in [0.15, 0.2) is 24.3 Å². The number of aromatic hydroxyl groups is 1. The molecule has 1 aliphatic carbocycles. The maximum absolute atomic E-state index is 12.8. The van der Waals surface area contributed by atoms with Gasteiger partial charge in [-0.3, -0.25) is 4.79 Å². The van der Waals surface area contributed by atoms with Crippen LogP contribution in [0.1, 0.15) is 22.6 Å². The Morgan fingerprint density at radius 1 is 1.07 bits per heavy atom. The van der Waals surface area contributed by atoms with Gasteiger partial charge in [-0.05, 0) is 41.0 Å². The molecule has 1 saturated heterocycles. The van der Waals surface area contributed by atoms with Crippen molar-refractivity contribution in [2.45, 2.75) is 11.3 Å². The normalized spacial score (nSPS) is 26.1. The Labute approximate surface area is 166 Å². The molecule has 0 unspecified atom stereocenters. The Morgan fingerprint density at radius 2 is 1.72 bits per heavy atom. The molecule has 3 atom stereocenters. The summed E-state index contributed by atoms with van der Waals surface area (Å²) in [4.78, 5) is 12.8. The summed E-state index contributed by atoms with van der Waals surface area (Å²) in [6, 6.07) is 7.04. The summed E-state index contributed by atoms with van der Waals surface area (Å²) in [5, 5.41) is 20.7. The Hall–Kier alpha value is -3.13. The Morgan fingerprint density at radius 3 is 2.34 bits per heavy atom. The number of benzene rings is 2. The number of fused-ring (bicyclic) bond motifs is 4. The molecule has 2 N–H and O–H groups in total. The van der Waals surface area contributed by atoms with E-state index >= 15 is 0 Å². The number of cyclic esters (lactones) is 1. The molecular formula is C21H20O8.